The predicted molar refractivity (Wildman–Crippen MR) is 99.2 cm³/mol. The molecule has 0 bridgehead atoms. The Morgan fingerprint density at radius 1 is 1.00 bits per heavy atom. The van der Waals surface area contributed by atoms with E-state index < -0.39 is 21.8 Å². The van der Waals surface area contributed by atoms with Crippen LogP contribution in [0.15, 0.2) is 64.0 Å². The van der Waals surface area contributed by atoms with Gasteiger partial charge in [0.1, 0.15) is 11.5 Å². The Hall–Kier alpha value is -3.30. The molecule has 0 spiro atoms. The van der Waals surface area contributed by atoms with Crippen molar-refractivity contribution < 1.29 is 27.4 Å². The first kappa shape index (κ1) is 19.5. The Morgan fingerprint density at radius 3 is 2.25 bits per heavy atom. The Kier molecular flexibility index (Phi) is 5.39. The van der Waals surface area contributed by atoms with Crippen LogP contribution in [0.5, 0.6) is 0 Å². The molecule has 0 fully saturated rings. The van der Waals surface area contributed by atoms with E-state index in [2.05, 4.69) is 9.99 Å². The van der Waals surface area contributed by atoms with Crippen LogP contribution in [0.25, 0.3) is 22.4 Å². The minimum atomic E-state index is -4.13. The summed E-state index contributed by atoms with van der Waals surface area (Å²) in [6, 6.07) is 15.3. The van der Waals surface area contributed by atoms with E-state index in [0.717, 1.165) is 18.1 Å². The standard InChI is InChI=1S/C19H16N2O6S/c1-12(22)19(23)27-21-28(24,25)16-10-8-14(9-11-16)17-13(2)26-20-18(17)15-6-4-3-5-7-15/h3-11,21H,1-2H3. The molecule has 0 saturated carbocycles. The number of rotatable bonds is 6. The van der Waals surface area contributed by atoms with Gasteiger partial charge in [-0.25, -0.2) is 13.2 Å². The highest BCUT2D eigenvalue weighted by molar-refractivity contribution is 7.89. The largest absolute Gasteiger partial charge is 0.393 e. The SMILES string of the molecule is CC(=O)C(=O)ONS(=O)(=O)c1ccc(-c2c(-c3ccccc3)noc2C)cc1. The molecule has 3 aromatic rings. The number of carbonyl (C=O) groups excluding carboxylic acids is 2. The summed E-state index contributed by atoms with van der Waals surface area (Å²) < 4.78 is 29.7. The lowest BCUT2D eigenvalue weighted by atomic mass is 10.00. The molecule has 1 aromatic heterocycles. The Bertz CT molecular complexity index is 1120. The fourth-order valence-corrected chi connectivity index (χ4v) is 3.29. The molecule has 0 saturated heterocycles. The van der Waals surface area contributed by atoms with Gasteiger partial charge in [-0.05, 0) is 29.5 Å². The molecule has 0 aliphatic carbocycles. The molecular weight excluding hydrogens is 384 g/mol. The van der Waals surface area contributed by atoms with E-state index in [9.17, 15) is 18.0 Å². The summed E-state index contributed by atoms with van der Waals surface area (Å²) in [4.78, 5) is 27.7. The average molecular weight is 400 g/mol. The molecule has 0 aliphatic rings. The van der Waals surface area contributed by atoms with Crippen molar-refractivity contribution in [3.05, 3.63) is 60.4 Å². The first-order chi connectivity index (χ1) is 13.3. The maximum atomic E-state index is 12.2. The van der Waals surface area contributed by atoms with Crippen molar-refractivity contribution in [1.29, 1.82) is 0 Å². The molecule has 2 aromatic carbocycles. The summed E-state index contributed by atoms with van der Waals surface area (Å²) in [5.74, 6) is -1.63. The molecule has 0 atom stereocenters. The number of hydrogen-bond donors (Lipinski definition) is 1. The van der Waals surface area contributed by atoms with Crippen LogP contribution in [-0.2, 0) is 24.4 Å². The van der Waals surface area contributed by atoms with Gasteiger partial charge in [0.2, 0.25) is 5.78 Å². The van der Waals surface area contributed by atoms with E-state index in [1.165, 1.54) is 12.1 Å². The number of carbonyl (C=O) groups is 2. The van der Waals surface area contributed by atoms with Gasteiger partial charge in [0, 0.05) is 12.5 Å². The van der Waals surface area contributed by atoms with Gasteiger partial charge in [-0.1, -0.05) is 47.6 Å². The first-order valence-corrected chi connectivity index (χ1v) is 9.63. The fraction of sp³-hybridized carbons (Fsp3) is 0.105. The van der Waals surface area contributed by atoms with Crippen LogP contribution >= 0.6 is 0 Å². The Balaban J connectivity index is 1.89. The number of nitrogens with zero attached hydrogens (tertiary/aromatic N) is 1. The van der Waals surface area contributed by atoms with Gasteiger partial charge in [-0.15, -0.1) is 0 Å². The van der Waals surface area contributed by atoms with E-state index in [4.69, 9.17) is 4.52 Å². The zero-order chi connectivity index (χ0) is 20.3. The van der Waals surface area contributed by atoms with Crippen molar-refractivity contribution in [2.45, 2.75) is 18.7 Å². The highest BCUT2D eigenvalue weighted by Gasteiger charge is 2.20. The van der Waals surface area contributed by atoms with E-state index in [1.807, 2.05) is 30.3 Å². The van der Waals surface area contributed by atoms with Crippen molar-refractivity contribution in [1.82, 2.24) is 10.0 Å². The molecule has 9 heteroatoms. The molecule has 1 N–H and O–H groups in total. The number of nitrogens with one attached hydrogen (secondary N) is 1. The van der Waals surface area contributed by atoms with Crippen LogP contribution in [0.2, 0.25) is 0 Å². The Labute approximate surface area is 161 Å². The van der Waals surface area contributed by atoms with Crippen LogP contribution in [0, 0.1) is 6.92 Å². The number of aryl methyl sites for hydroxylation is 1. The minimum Gasteiger partial charge on any atom is -0.360 e. The summed E-state index contributed by atoms with van der Waals surface area (Å²) in [6.07, 6.45) is 0. The smallest absolute Gasteiger partial charge is 0.360 e. The maximum Gasteiger partial charge on any atom is 0.393 e. The third-order valence-corrected chi connectivity index (χ3v) is 5.09. The second kappa shape index (κ2) is 7.75. The lowest BCUT2D eigenvalue weighted by Gasteiger charge is -2.07. The van der Waals surface area contributed by atoms with Crippen molar-refractivity contribution in [2.24, 2.45) is 0 Å². The van der Waals surface area contributed by atoms with E-state index in [1.54, 1.807) is 23.9 Å². The maximum absolute atomic E-state index is 12.2. The van der Waals surface area contributed by atoms with Gasteiger partial charge in [-0.3, -0.25) is 4.79 Å². The van der Waals surface area contributed by atoms with Gasteiger partial charge in [0.25, 0.3) is 10.0 Å². The number of sulfonamides is 1. The molecule has 144 valence electrons. The zero-order valence-corrected chi connectivity index (χ0v) is 15.8. The quantitative estimate of drug-likeness (QED) is 0.499. The van der Waals surface area contributed by atoms with Gasteiger partial charge in [0.15, 0.2) is 0 Å². The third kappa shape index (κ3) is 4.00. The average Bonchev–Trinajstić information content (AvgIpc) is 3.08. The monoisotopic (exact) mass is 400 g/mol. The van der Waals surface area contributed by atoms with Gasteiger partial charge < -0.3 is 9.36 Å². The van der Waals surface area contributed by atoms with Crippen molar-refractivity contribution >= 4 is 21.8 Å². The molecule has 1 heterocycles. The topological polar surface area (TPSA) is 116 Å². The molecule has 0 unspecified atom stereocenters. The van der Waals surface area contributed by atoms with E-state index >= 15 is 0 Å². The van der Waals surface area contributed by atoms with E-state index in [-0.39, 0.29) is 4.90 Å². The fourth-order valence-electron chi connectivity index (χ4n) is 2.52. The highest BCUT2D eigenvalue weighted by Crippen LogP contribution is 2.34. The summed E-state index contributed by atoms with van der Waals surface area (Å²) in [5.41, 5.74) is 2.95. The van der Waals surface area contributed by atoms with Crippen molar-refractivity contribution in [3.8, 4) is 22.4 Å². The van der Waals surface area contributed by atoms with Crippen LogP contribution in [0.3, 0.4) is 0 Å². The third-order valence-electron chi connectivity index (χ3n) is 3.89. The summed E-state index contributed by atoms with van der Waals surface area (Å²) in [6.45, 7) is 2.74. The molecule has 3 rings (SSSR count). The summed E-state index contributed by atoms with van der Waals surface area (Å²) in [7, 11) is -4.13. The molecule has 8 nitrogen and oxygen atoms in total. The number of Topliss-reactive ketones (excluding diaryl/α,β-unsaturated/α-hetero) is 1. The molecular formula is C19H16N2O6S. The van der Waals surface area contributed by atoms with Gasteiger partial charge in [0.05, 0.1) is 10.5 Å². The predicted octanol–water partition coefficient (Wildman–Crippen LogP) is 2.64. The van der Waals surface area contributed by atoms with Crippen molar-refractivity contribution in [3.63, 3.8) is 0 Å². The van der Waals surface area contributed by atoms with Crippen LogP contribution < -0.4 is 4.89 Å². The number of benzene rings is 2. The molecule has 0 amide bonds. The van der Waals surface area contributed by atoms with Crippen LogP contribution in [-0.4, -0.2) is 25.3 Å². The number of hydrogen-bond acceptors (Lipinski definition) is 7. The second-order valence-corrected chi connectivity index (χ2v) is 7.53. The molecule has 0 aliphatic heterocycles. The molecule has 0 radical (unpaired) electrons. The summed E-state index contributed by atoms with van der Waals surface area (Å²) >= 11 is 0. The minimum absolute atomic E-state index is 0.136. The Morgan fingerprint density at radius 2 is 1.64 bits per heavy atom. The normalized spacial score (nSPS) is 11.2. The first-order valence-electron chi connectivity index (χ1n) is 8.15. The van der Waals surface area contributed by atoms with Crippen LogP contribution in [0.1, 0.15) is 12.7 Å². The number of ketones is 1. The second-order valence-electron chi connectivity index (χ2n) is 5.89. The van der Waals surface area contributed by atoms with Gasteiger partial charge in [-0.2, -0.15) is 0 Å². The summed E-state index contributed by atoms with van der Waals surface area (Å²) in [5, 5.41) is 4.10. The van der Waals surface area contributed by atoms with Crippen molar-refractivity contribution in [2.75, 3.05) is 0 Å². The lowest BCUT2D eigenvalue weighted by Crippen LogP contribution is -2.29. The lowest BCUT2D eigenvalue weighted by molar-refractivity contribution is -0.155. The van der Waals surface area contributed by atoms with Crippen LogP contribution in [0.4, 0.5) is 0 Å². The molecule has 28 heavy (non-hydrogen) atoms. The number of aromatic nitrogens is 1. The van der Waals surface area contributed by atoms with Gasteiger partial charge >= 0.3 is 5.97 Å². The highest BCUT2D eigenvalue weighted by atomic mass is 32.2. The van der Waals surface area contributed by atoms with E-state index in [0.29, 0.717) is 17.0 Å². The zero-order valence-electron chi connectivity index (χ0n) is 15.0.